The van der Waals surface area contributed by atoms with Crippen LogP contribution in [0.2, 0.25) is 0 Å². The molecule has 0 aliphatic heterocycles. The van der Waals surface area contributed by atoms with Crippen molar-refractivity contribution in [3.63, 3.8) is 0 Å². The summed E-state index contributed by atoms with van der Waals surface area (Å²) in [6.07, 6.45) is 0. The van der Waals surface area contributed by atoms with Gasteiger partial charge in [-0.15, -0.1) is 0 Å². The van der Waals surface area contributed by atoms with Gasteiger partial charge >= 0.3 is 13.3 Å². The molecule has 0 rings (SSSR count). The fourth-order valence-electron chi connectivity index (χ4n) is 0.228. The molecule has 0 fully saturated rings. The Kier molecular flexibility index (Phi) is 4.30. The predicted molar refractivity (Wildman–Crippen MR) is 43.7 cm³/mol. The van der Waals surface area contributed by atoms with Crippen LogP contribution in [0.5, 0.6) is 0 Å². The van der Waals surface area contributed by atoms with Crippen LogP contribution in [0.25, 0.3) is 0 Å². The van der Waals surface area contributed by atoms with Gasteiger partial charge in [0.15, 0.2) is 0 Å². The molecule has 0 heterocycles. The molecule has 0 aromatic carbocycles. The van der Waals surface area contributed by atoms with Crippen molar-refractivity contribution >= 4 is 48.1 Å². The maximum atomic E-state index is 10.3. The molecule has 72 valence electrons. The minimum Gasteiger partial charge on any atom is -0.452 e. The molecule has 12 heavy (non-hydrogen) atoms. The molecule has 0 aromatic rings. The number of hydrogen-bond donors (Lipinski definition) is 2. The Morgan fingerprint density at radius 2 is 1.83 bits per heavy atom. The zero-order valence-corrected chi connectivity index (χ0v) is 8.57. The predicted octanol–water partition coefficient (Wildman–Crippen LogP) is 1.67. The van der Waals surface area contributed by atoms with Crippen molar-refractivity contribution in [3.8, 4) is 0 Å². The average Bonchev–Trinajstić information content (AvgIpc) is 1.78. The highest BCUT2D eigenvalue weighted by Gasteiger charge is 2.31. The standard InChI is InChI=1S/C3H4Cl3O5P/c4-3(5,6)1-11-2(7)12(8,9)10/h1H2,(H2,8,9,10). The Morgan fingerprint density at radius 1 is 1.42 bits per heavy atom. The van der Waals surface area contributed by atoms with Crippen molar-refractivity contribution in [2.24, 2.45) is 0 Å². The molecule has 0 unspecified atom stereocenters. The van der Waals surface area contributed by atoms with Gasteiger partial charge in [-0.1, -0.05) is 34.8 Å². The first-order valence-corrected chi connectivity index (χ1v) is 5.17. The number of alkyl halides is 3. The second-order valence-electron chi connectivity index (χ2n) is 1.71. The van der Waals surface area contributed by atoms with E-state index in [1.807, 2.05) is 0 Å². The van der Waals surface area contributed by atoms with Gasteiger partial charge in [-0.2, -0.15) is 0 Å². The Balaban J connectivity index is 3.98. The molecular weight excluding hydrogens is 253 g/mol. The molecule has 0 saturated carbocycles. The quantitative estimate of drug-likeness (QED) is 0.580. The smallest absolute Gasteiger partial charge is 0.433 e. The van der Waals surface area contributed by atoms with E-state index in [0.717, 1.165) is 0 Å². The molecule has 9 heteroatoms. The van der Waals surface area contributed by atoms with Crippen molar-refractivity contribution in [2.75, 3.05) is 6.61 Å². The number of rotatable bonds is 2. The van der Waals surface area contributed by atoms with Crippen molar-refractivity contribution in [3.05, 3.63) is 0 Å². The summed E-state index contributed by atoms with van der Waals surface area (Å²) in [6, 6.07) is 0. The number of halogens is 3. The van der Waals surface area contributed by atoms with Crippen molar-refractivity contribution in [2.45, 2.75) is 3.79 Å². The molecule has 0 atom stereocenters. The van der Waals surface area contributed by atoms with E-state index in [2.05, 4.69) is 4.74 Å². The Bertz CT molecular complexity index is 216. The summed E-state index contributed by atoms with van der Waals surface area (Å²) in [5, 5.41) is 0. The lowest BCUT2D eigenvalue weighted by Gasteiger charge is -2.10. The normalized spacial score (nSPS) is 12.8. The van der Waals surface area contributed by atoms with Crippen LogP contribution in [0.4, 0.5) is 4.79 Å². The molecule has 0 amide bonds. The first-order valence-electron chi connectivity index (χ1n) is 2.42. The number of ether oxygens (including phenoxy) is 1. The van der Waals surface area contributed by atoms with Crippen molar-refractivity contribution < 1.29 is 23.9 Å². The lowest BCUT2D eigenvalue weighted by molar-refractivity contribution is 0.165. The molecule has 0 aliphatic carbocycles. The number of carbonyl (C=O) groups is 1. The first-order chi connectivity index (χ1) is 5.13. The van der Waals surface area contributed by atoms with Gasteiger partial charge in [-0.3, -0.25) is 0 Å². The summed E-state index contributed by atoms with van der Waals surface area (Å²) < 4.78 is 12.2. The molecule has 2 N–H and O–H groups in total. The summed E-state index contributed by atoms with van der Waals surface area (Å²) in [6.45, 7) is -0.707. The Labute approximate surface area is 82.7 Å². The molecule has 0 aliphatic rings. The molecule has 0 spiro atoms. The van der Waals surface area contributed by atoms with E-state index in [-0.39, 0.29) is 0 Å². The van der Waals surface area contributed by atoms with Gasteiger partial charge < -0.3 is 14.5 Å². The third kappa shape index (κ3) is 6.06. The summed E-state index contributed by atoms with van der Waals surface area (Å²) in [4.78, 5) is 26.7. The van der Waals surface area contributed by atoms with E-state index < -0.39 is 23.7 Å². The van der Waals surface area contributed by atoms with E-state index in [1.54, 1.807) is 0 Å². The summed E-state index contributed by atoms with van der Waals surface area (Å²) >= 11 is 15.4. The van der Waals surface area contributed by atoms with Crippen LogP contribution >= 0.6 is 42.4 Å². The maximum Gasteiger partial charge on any atom is 0.433 e. The van der Waals surface area contributed by atoms with Crippen molar-refractivity contribution in [1.82, 2.24) is 0 Å². The van der Waals surface area contributed by atoms with Crippen LogP contribution in [0.1, 0.15) is 0 Å². The largest absolute Gasteiger partial charge is 0.452 e. The van der Waals surface area contributed by atoms with Gasteiger partial charge in [0.2, 0.25) is 3.79 Å². The van der Waals surface area contributed by atoms with Crippen LogP contribution in [0, 0.1) is 0 Å². The molecule has 0 saturated heterocycles. The summed E-state index contributed by atoms with van der Waals surface area (Å²) in [5.74, 6) is 0. The minimum absolute atomic E-state index is 0.707. The van der Waals surface area contributed by atoms with Gasteiger partial charge in [0.25, 0.3) is 0 Å². The van der Waals surface area contributed by atoms with Gasteiger partial charge in [-0.25, -0.2) is 9.36 Å². The second kappa shape index (κ2) is 4.13. The van der Waals surface area contributed by atoms with E-state index in [0.29, 0.717) is 0 Å². The molecule has 0 radical (unpaired) electrons. The number of hydrogen-bond acceptors (Lipinski definition) is 3. The van der Waals surface area contributed by atoms with E-state index in [9.17, 15) is 9.36 Å². The van der Waals surface area contributed by atoms with E-state index in [1.165, 1.54) is 0 Å². The van der Waals surface area contributed by atoms with Crippen LogP contribution < -0.4 is 0 Å². The lowest BCUT2D eigenvalue weighted by Crippen LogP contribution is -2.16. The molecular formula is C3H4Cl3O5P. The lowest BCUT2D eigenvalue weighted by atomic mass is 10.8. The van der Waals surface area contributed by atoms with Crippen LogP contribution in [-0.2, 0) is 9.30 Å². The molecule has 0 aromatic heterocycles. The zero-order chi connectivity index (χ0) is 9.99. The fraction of sp³-hybridized carbons (Fsp3) is 0.667. The Morgan fingerprint density at radius 3 is 2.08 bits per heavy atom. The topological polar surface area (TPSA) is 83.8 Å². The van der Waals surface area contributed by atoms with Gasteiger partial charge in [-0.05, 0) is 0 Å². The Hall–Kier alpha value is 0.490. The molecule has 5 nitrogen and oxygen atoms in total. The fourth-order valence-corrected chi connectivity index (χ4v) is 0.624. The minimum atomic E-state index is -4.88. The van der Waals surface area contributed by atoms with Crippen LogP contribution in [0.3, 0.4) is 0 Å². The van der Waals surface area contributed by atoms with Gasteiger partial charge in [0.05, 0.1) is 0 Å². The summed E-state index contributed by atoms with van der Waals surface area (Å²) in [7, 11) is -4.88. The third-order valence-corrected chi connectivity index (χ3v) is 1.53. The SMILES string of the molecule is O=C(OCC(Cl)(Cl)Cl)P(=O)(O)O. The maximum absolute atomic E-state index is 10.3. The summed E-state index contributed by atoms with van der Waals surface area (Å²) in [5.41, 5.74) is -1.71. The van der Waals surface area contributed by atoms with Crippen LogP contribution in [-0.4, -0.2) is 25.9 Å². The highest BCUT2D eigenvalue weighted by atomic mass is 35.6. The van der Waals surface area contributed by atoms with Crippen molar-refractivity contribution in [1.29, 1.82) is 0 Å². The van der Waals surface area contributed by atoms with Crippen LogP contribution in [0.15, 0.2) is 0 Å². The van der Waals surface area contributed by atoms with E-state index in [4.69, 9.17) is 44.6 Å². The first kappa shape index (κ1) is 12.5. The monoisotopic (exact) mass is 256 g/mol. The zero-order valence-electron chi connectivity index (χ0n) is 5.41. The average molecular weight is 257 g/mol. The highest BCUT2D eigenvalue weighted by molar-refractivity contribution is 7.69. The van der Waals surface area contributed by atoms with E-state index >= 15 is 0 Å². The third-order valence-electron chi connectivity index (χ3n) is 0.597. The second-order valence-corrected chi connectivity index (χ2v) is 5.68. The number of carbonyl (C=O) groups excluding carboxylic acids is 1. The van der Waals surface area contributed by atoms with Gasteiger partial charge in [0, 0.05) is 0 Å². The van der Waals surface area contributed by atoms with Gasteiger partial charge in [0.1, 0.15) is 6.61 Å². The molecule has 0 bridgehead atoms. The highest BCUT2D eigenvalue weighted by Crippen LogP contribution is 2.38.